The van der Waals surface area contributed by atoms with Gasteiger partial charge in [-0.05, 0) is 39.2 Å². The number of aliphatic hydroxyl groups is 1. The Bertz CT molecular complexity index is 681. The number of hydrogen-bond donors (Lipinski definition) is 2. The van der Waals surface area contributed by atoms with Crippen LogP contribution in [0, 0.1) is 19.8 Å². The van der Waals surface area contributed by atoms with E-state index in [1.54, 1.807) is 0 Å². The van der Waals surface area contributed by atoms with Gasteiger partial charge in [0.1, 0.15) is 11.6 Å². The van der Waals surface area contributed by atoms with Crippen LogP contribution in [0.4, 0.5) is 5.82 Å². The number of anilines is 1. The van der Waals surface area contributed by atoms with E-state index in [2.05, 4.69) is 25.3 Å². The van der Waals surface area contributed by atoms with Gasteiger partial charge in [0.25, 0.3) is 0 Å². The molecule has 0 saturated carbocycles. The number of nitrogens with one attached hydrogen (secondary N) is 1. The molecule has 0 aromatic carbocycles. The highest BCUT2D eigenvalue weighted by molar-refractivity contribution is 5.89. The van der Waals surface area contributed by atoms with Crippen molar-refractivity contribution in [3.63, 3.8) is 0 Å². The monoisotopic (exact) mass is 318 g/mol. The normalized spacial score (nSPS) is 19.4. The van der Waals surface area contributed by atoms with Crippen LogP contribution in [0.1, 0.15) is 24.4 Å². The van der Waals surface area contributed by atoms with Gasteiger partial charge in [-0.3, -0.25) is 4.68 Å². The minimum absolute atomic E-state index is 0.237. The first-order valence-electron chi connectivity index (χ1n) is 8.33. The number of fused-ring (bicyclic) bond motifs is 1. The highest BCUT2D eigenvalue weighted by Gasteiger charge is 2.20. The molecular weight excluding hydrogens is 292 g/mol. The molecule has 126 valence electrons. The summed E-state index contributed by atoms with van der Waals surface area (Å²) in [6.07, 6.45) is 2.41. The minimum Gasteiger partial charge on any atom is -0.395 e. The lowest BCUT2D eigenvalue weighted by molar-refractivity contribution is 0.144. The van der Waals surface area contributed by atoms with E-state index in [4.69, 9.17) is 5.11 Å². The number of hydrogen-bond acceptors (Lipinski definition) is 6. The topological polar surface area (TPSA) is 79.1 Å². The molecular formula is C16H26N6O. The Morgan fingerprint density at radius 2 is 2.13 bits per heavy atom. The average molecular weight is 318 g/mol. The molecule has 2 N–H and O–H groups in total. The largest absolute Gasteiger partial charge is 0.395 e. The molecule has 0 aliphatic carbocycles. The predicted molar refractivity (Wildman–Crippen MR) is 90.5 cm³/mol. The summed E-state index contributed by atoms with van der Waals surface area (Å²) in [5.74, 6) is 2.23. The van der Waals surface area contributed by atoms with E-state index in [1.165, 1.54) is 12.8 Å². The van der Waals surface area contributed by atoms with Crippen LogP contribution in [-0.4, -0.2) is 62.5 Å². The van der Waals surface area contributed by atoms with Gasteiger partial charge in [0.15, 0.2) is 5.65 Å². The number of aromatic nitrogens is 4. The first-order valence-corrected chi connectivity index (χ1v) is 8.33. The number of rotatable bonds is 5. The van der Waals surface area contributed by atoms with E-state index in [9.17, 15) is 0 Å². The molecule has 0 bridgehead atoms. The van der Waals surface area contributed by atoms with Crippen LogP contribution in [0.2, 0.25) is 0 Å². The highest BCUT2D eigenvalue weighted by atomic mass is 16.3. The second-order valence-electron chi connectivity index (χ2n) is 6.44. The van der Waals surface area contributed by atoms with Crippen molar-refractivity contribution in [1.29, 1.82) is 0 Å². The molecule has 0 unspecified atom stereocenters. The lowest BCUT2D eigenvalue weighted by Gasteiger charge is -2.32. The molecule has 23 heavy (non-hydrogen) atoms. The summed E-state index contributed by atoms with van der Waals surface area (Å²) < 4.78 is 1.81. The predicted octanol–water partition coefficient (Wildman–Crippen LogP) is 1.10. The Hall–Kier alpha value is -1.73. The fourth-order valence-corrected chi connectivity index (χ4v) is 3.48. The molecule has 1 atom stereocenters. The average Bonchev–Trinajstić information content (AvgIpc) is 2.80. The van der Waals surface area contributed by atoms with Gasteiger partial charge in [0.05, 0.1) is 17.7 Å². The van der Waals surface area contributed by atoms with E-state index in [1.807, 2.05) is 25.6 Å². The molecule has 1 fully saturated rings. The van der Waals surface area contributed by atoms with Crippen molar-refractivity contribution in [3.8, 4) is 0 Å². The van der Waals surface area contributed by atoms with E-state index in [0.717, 1.165) is 54.5 Å². The van der Waals surface area contributed by atoms with Gasteiger partial charge < -0.3 is 15.3 Å². The van der Waals surface area contributed by atoms with Crippen molar-refractivity contribution in [2.75, 3.05) is 38.1 Å². The smallest absolute Gasteiger partial charge is 0.163 e. The molecule has 7 nitrogen and oxygen atoms in total. The molecule has 0 amide bonds. The zero-order chi connectivity index (χ0) is 16.4. The molecule has 3 rings (SSSR count). The Kier molecular flexibility index (Phi) is 4.77. The lowest BCUT2D eigenvalue weighted by atomic mass is 9.98. The maximum atomic E-state index is 9.11. The number of piperidine rings is 1. The summed E-state index contributed by atoms with van der Waals surface area (Å²) >= 11 is 0. The zero-order valence-electron chi connectivity index (χ0n) is 14.2. The summed E-state index contributed by atoms with van der Waals surface area (Å²) in [6.45, 7) is 7.94. The number of β-amino-alcohol motifs (C(OH)–C–C–N with tert-alkyl or cyclic N) is 1. The summed E-state index contributed by atoms with van der Waals surface area (Å²) in [4.78, 5) is 11.4. The molecule has 7 heteroatoms. The molecule has 1 aliphatic heterocycles. The third kappa shape index (κ3) is 3.45. The fraction of sp³-hybridized carbons (Fsp3) is 0.688. The fourth-order valence-electron chi connectivity index (χ4n) is 3.48. The van der Waals surface area contributed by atoms with Crippen LogP contribution in [0.5, 0.6) is 0 Å². The highest BCUT2D eigenvalue weighted by Crippen LogP contribution is 2.24. The Morgan fingerprint density at radius 1 is 1.30 bits per heavy atom. The van der Waals surface area contributed by atoms with Crippen molar-refractivity contribution in [2.45, 2.75) is 26.7 Å². The quantitative estimate of drug-likeness (QED) is 0.859. The molecule has 3 heterocycles. The van der Waals surface area contributed by atoms with Crippen molar-refractivity contribution >= 4 is 16.9 Å². The maximum Gasteiger partial charge on any atom is 0.163 e. The minimum atomic E-state index is 0.237. The molecule has 1 saturated heterocycles. The van der Waals surface area contributed by atoms with Gasteiger partial charge in [-0.15, -0.1) is 0 Å². The number of likely N-dealkylation sites (tertiary alicyclic amines) is 1. The van der Waals surface area contributed by atoms with Crippen LogP contribution < -0.4 is 5.32 Å². The number of aryl methyl sites for hydroxylation is 3. The molecule has 2 aromatic heterocycles. The van der Waals surface area contributed by atoms with E-state index >= 15 is 0 Å². The first kappa shape index (κ1) is 16.1. The van der Waals surface area contributed by atoms with Crippen molar-refractivity contribution in [3.05, 3.63) is 11.5 Å². The van der Waals surface area contributed by atoms with E-state index in [0.29, 0.717) is 5.92 Å². The van der Waals surface area contributed by atoms with Crippen molar-refractivity contribution in [1.82, 2.24) is 24.6 Å². The summed E-state index contributed by atoms with van der Waals surface area (Å²) in [5.41, 5.74) is 1.83. The van der Waals surface area contributed by atoms with Crippen LogP contribution in [0.25, 0.3) is 11.0 Å². The summed E-state index contributed by atoms with van der Waals surface area (Å²) in [7, 11) is 1.92. The van der Waals surface area contributed by atoms with Crippen LogP contribution in [-0.2, 0) is 7.05 Å². The van der Waals surface area contributed by atoms with Gasteiger partial charge in [0, 0.05) is 26.7 Å². The Morgan fingerprint density at radius 3 is 2.91 bits per heavy atom. The van der Waals surface area contributed by atoms with Crippen LogP contribution >= 0.6 is 0 Å². The first-order chi connectivity index (χ1) is 11.1. The third-order valence-corrected chi connectivity index (χ3v) is 4.55. The number of aliphatic hydroxyl groups excluding tert-OH is 1. The SMILES string of the molecule is Cc1nc(NC[C@H]2CCCN(CCO)C2)c2c(C)nn(C)c2n1. The molecule has 0 radical (unpaired) electrons. The van der Waals surface area contributed by atoms with E-state index in [-0.39, 0.29) is 6.61 Å². The summed E-state index contributed by atoms with van der Waals surface area (Å²) in [5, 5.41) is 18.1. The van der Waals surface area contributed by atoms with Crippen LogP contribution in [0.15, 0.2) is 0 Å². The van der Waals surface area contributed by atoms with E-state index < -0.39 is 0 Å². The van der Waals surface area contributed by atoms with Gasteiger partial charge >= 0.3 is 0 Å². The molecule has 1 aliphatic rings. The van der Waals surface area contributed by atoms with Gasteiger partial charge in [-0.25, -0.2) is 9.97 Å². The Balaban J connectivity index is 1.74. The summed E-state index contributed by atoms with van der Waals surface area (Å²) in [6, 6.07) is 0. The third-order valence-electron chi connectivity index (χ3n) is 4.55. The van der Waals surface area contributed by atoms with Crippen molar-refractivity contribution < 1.29 is 5.11 Å². The standard InChI is InChI=1S/C16H26N6O/c1-11-14-15(18-12(2)19-16(14)21(3)20-11)17-9-13-5-4-6-22(10-13)7-8-23/h13,23H,4-10H2,1-3H3,(H,17,18,19)/t13-/m1/s1. The van der Waals surface area contributed by atoms with Gasteiger partial charge in [-0.1, -0.05) is 0 Å². The second-order valence-corrected chi connectivity index (χ2v) is 6.44. The molecule has 2 aromatic rings. The Labute approximate surface area is 136 Å². The van der Waals surface area contributed by atoms with Crippen LogP contribution in [0.3, 0.4) is 0 Å². The second kappa shape index (κ2) is 6.80. The zero-order valence-corrected chi connectivity index (χ0v) is 14.2. The van der Waals surface area contributed by atoms with Gasteiger partial charge in [0.2, 0.25) is 0 Å². The van der Waals surface area contributed by atoms with Crippen molar-refractivity contribution in [2.24, 2.45) is 13.0 Å². The number of nitrogens with zero attached hydrogens (tertiary/aromatic N) is 5. The maximum absolute atomic E-state index is 9.11. The lowest BCUT2D eigenvalue weighted by Crippen LogP contribution is -2.39. The molecule has 0 spiro atoms. The van der Waals surface area contributed by atoms with Gasteiger partial charge in [-0.2, -0.15) is 5.10 Å².